The van der Waals surface area contributed by atoms with Crippen LogP contribution in [0.15, 0.2) is 18.2 Å². The first kappa shape index (κ1) is 13.0. The molecule has 0 unspecified atom stereocenters. The minimum Gasteiger partial charge on any atom is -0.481 e. The Morgan fingerprint density at radius 3 is 2.44 bits per heavy atom. The fraction of sp³-hybridized carbons (Fsp3) is 0.462. The van der Waals surface area contributed by atoms with Crippen molar-refractivity contribution >= 4 is 5.97 Å². The van der Waals surface area contributed by atoms with Gasteiger partial charge in [0.15, 0.2) is 0 Å². The number of benzene rings is 1. The van der Waals surface area contributed by atoms with Gasteiger partial charge in [-0.15, -0.1) is 0 Å². The van der Waals surface area contributed by atoms with Gasteiger partial charge in [0.25, 0.3) is 0 Å². The molecule has 1 fully saturated rings. The smallest absolute Gasteiger partial charge is 0.304 e. The molecule has 0 aliphatic heterocycles. The second-order valence-corrected chi connectivity index (χ2v) is 4.55. The Hall–Kier alpha value is -1.49. The number of carbonyl (C=O) groups is 1. The van der Waals surface area contributed by atoms with Crippen LogP contribution in [0.1, 0.15) is 24.8 Å². The zero-order valence-corrected chi connectivity index (χ0v) is 9.90. The third kappa shape index (κ3) is 3.26. The summed E-state index contributed by atoms with van der Waals surface area (Å²) in [5.74, 6) is -2.04. The average Bonchev–Trinajstić information content (AvgIpc) is 3.11. The normalized spacial score (nSPS) is 15.1. The van der Waals surface area contributed by atoms with E-state index in [1.807, 2.05) is 4.90 Å². The first-order chi connectivity index (χ1) is 8.58. The number of carboxylic acid groups (broad SMARTS) is 1. The van der Waals surface area contributed by atoms with Crippen LogP contribution in [0.3, 0.4) is 0 Å². The summed E-state index contributed by atoms with van der Waals surface area (Å²) in [6, 6.07) is 4.04. The van der Waals surface area contributed by atoms with E-state index in [9.17, 15) is 13.6 Å². The Morgan fingerprint density at radius 2 is 1.94 bits per heavy atom. The molecule has 2 rings (SSSR count). The van der Waals surface area contributed by atoms with Gasteiger partial charge in [-0.3, -0.25) is 9.69 Å². The fourth-order valence-corrected chi connectivity index (χ4v) is 1.96. The van der Waals surface area contributed by atoms with Gasteiger partial charge in [0.05, 0.1) is 6.42 Å². The van der Waals surface area contributed by atoms with Crippen LogP contribution in [0.5, 0.6) is 0 Å². The Labute approximate surface area is 104 Å². The predicted octanol–water partition coefficient (Wildman–Crippen LogP) is 2.40. The largest absolute Gasteiger partial charge is 0.481 e. The molecule has 3 nitrogen and oxygen atoms in total. The number of rotatable bonds is 6. The lowest BCUT2D eigenvalue weighted by Crippen LogP contribution is -2.29. The molecule has 98 valence electrons. The molecule has 0 heterocycles. The summed E-state index contributed by atoms with van der Waals surface area (Å²) in [6.07, 6.45) is 1.93. The van der Waals surface area contributed by atoms with Gasteiger partial charge in [0.1, 0.15) is 11.6 Å². The summed E-state index contributed by atoms with van der Waals surface area (Å²) in [5, 5.41) is 8.67. The maximum atomic E-state index is 13.5. The van der Waals surface area contributed by atoms with Crippen LogP contribution in [0.4, 0.5) is 8.78 Å². The van der Waals surface area contributed by atoms with Crippen LogP contribution in [0.25, 0.3) is 0 Å². The first-order valence-electron chi connectivity index (χ1n) is 5.96. The van der Waals surface area contributed by atoms with Crippen molar-refractivity contribution in [2.24, 2.45) is 0 Å². The number of hydrogen-bond donors (Lipinski definition) is 1. The summed E-state index contributed by atoms with van der Waals surface area (Å²) in [7, 11) is 0. The topological polar surface area (TPSA) is 40.5 Å². The number of carboxylic acids is 1. The van der Waals surface area contributed by atoms with E-state index >= 15 is 0 Å². The van der Waals surface area contributed by atoms with Crippen molar-refractivity contribution in [2.45, 2.75) is 31.8 Å². The Kier molecular flexibility index (Phi) is 3.91. The van der Waals surface area contributed by atoms with Gasteiger partial charge in [-0.25, -0.2) is 8.78 Å². The zero-order valence-electron chi connectivity index (χ0n) is 9.90. The van der Waals surface area contributed by atoms with Crippen molar-refractivity contribution in [3.8, 4) is 0 Å². The van der Waals surface area contributed by atoms with Gasteiger partial charge < -0.3 is 5.11 Å². The molecule has 0 amide bonds. The standard InChI is InChI=1S/C13H15F2NO2/c14-11-2-1-3-12(15)10(11)8-16(9-4-5-9)7-6-13(17)18/h1-3,9H,4-8H2,(H,17,18). The van der Waals surface area contributed by atoms with E-state index in [2.05, 4.69) is 0 Å². The highest BCUT2D eigenvalue weighted by atomic mass is 19.1. The van der Waals surface area contributed by atoms with Gasteiger partial charge in [0.2, 0.25) is 0 Å². The third-order valence-electron chi connectivity index (χ3n) is 3.10. The Bertz CT molecular complexity index is 426. The van der Waals surface area contributed by atoms with Crippen molar-refractivity contribution in [3.63, 3.8) is 0 Å². The Balaban J connectivity index is 2.06. The van der Waals surface area contributed by atoms with Crippen LogP contribution in [0.2, 0.25) is 0 Å². The van der Waals surface area contributed by atoms with Crippen LogP contribution >= 0.6 is 0 Å². The molecule has 5 heteroatoms. The lowest BCUT2D eigenvalue weighted by atomic mass is 10.1. The van der Waals surface area contributed by atoms with Crippen molar-refractivity contribution in [1.82, 2.24) is 4.90 Å². The van der Waals surface area contributed by atoms with Crippen molar-refractivity contribution in [2.75, 3.05) is 6.54 Å². The molecule has 1 saturated carbocycles. The molecule has 1 aliphatic carbocycles. The predicted molar refractivity (Wildman–Crippen MR) is 62.0 cm³/mol. The molecular weight excluding hydrogens is 240 g/mol. The lowest BCUT2D eigenvalue weighted by Gasteiger charge is -2.21. The molecule has 18 heavy (non-hydrogen) atoms. The molecule has 1 N–H and O–H groups in total. The summed E-state index contributed by atoms with van der Waals surface area (Å²) in [5.41, 5.74) is 0.0230. The molecule has 1 aromatic rings. The summed E-state index contributed by atoms with van der Waals surface area (Å²) in [6.45, 7) is 0.463. The summed E-state index contributed by atoms with van der Waals surface area (Å²) in [4.78, 5) is 12.4. The van der Waals surface area contributed by atoms with E-state index in [0.29, 0.717) is 6.54 Å². The van der Waals surface area contributed by atoms with E-state index in [-0.39, 0.29) is 24.6 Å². The molecule has 1 aliphatic rings. The van der Waals surface area contributed by atoms with Gasteiger partial charge in [-0.2, -0.15) is 0 Å². The highest BCUT2D eigenvalue weighted by Gasteiger charge is 2.30. The quantitative estimate of drug-likeness (QED) is 0.848. The molecule has 0 aromatic heterocycles. The Morgan fingerprint density at radius 1 is 1.33 bits per heavy atom. The maximum absolute atomic E-state index is 13.5. The minimum atomic E-state index is -0.894. The molecule has 1 aromatic carbocycles. The van der Waals surface area contributed by atoms with Crippen LogP contribution < -0.4 is 0 Å². The van der Waals surface area contributed by atoms with Crippen molar-refractivity contribution < 1.29 is 18.7 Å². The van der Waals surface area contributed by atoms with Crippen molar-refractivity contribution in [1.29, 1.82) is 0 Å². The first-order valence-corrected chi connectivity index (χ1v) is 5.96. The van der Waals surface area contributed by atoms with E-state index in [4.69, 9.17) is 5.11 Å². The van der Waals surface area contributed by atoms with Gasteiger partial charge in [-0.05, 0) is 25.0 Å². The lowest BCUT2D eigenvalue weighted by molar-refractivity contribution is -0.137. The van der Waals surface area contributed by atoms with E-state index < -0.39 is 17.6 Å². The SMILES string of the molecule is O=C(O)CCN(Cc1c(F)cccc1F)C1CC1. The number of halogens is 2. The third-order valence-corrected chi connectivity index (χ3v) is 3.10. The van der Waals surface area contributed by atoms with Crippen molar-refractivity contribution in [3.05, 3.63) is 35.4 Å². The zero-order chi connectivity index (χ0) is 13.1. The molecular formula is C13H15F2NO2. The van der Waals surface area contributed by atoms with Gasteiger partial charge in [-0.1, -0.05) is 6.07 Å². The summed E-state index contributed by atoms with van der Waals surface area (Å²) >= 11 is 0. The molecule has 0 saturated heterocycles. The molecule has 0 spiro atoms. The fourth-order valence-electron chi connectivity index (χ4n) is 1.96. The summed E-state index contributed by atoms with van der Waals surface area (Å²) < 4.78 is 27.0. The highest BCUT2D eigenvalue weighted by molar-refractivity contribution is 5.66. The van der Waals surface area contributed by atoms with E-state index in [1.54, 1.807) is 0 Å². The van der Waals surface area contributed by atoms with Crippen LogP contribution in [-0.2, 0) is 11.3 Å². The van der Waals surface area contributed by atoms with E-state index in [0.717, 1.165) is 12.8 Å². The van der Waals surface area contributed by atoms with Crippen LogP contribution in [-0.4, -0.2) is 28.6 Å². The molecule has 0 atom stereocenters. The second-order valence-electron chi connectivity index (χ2n) is 4.55. The number of hydrogen-bond acceptors (Lipinski definition) is 2. The van der Waals surface area contributed by atoms with E-state index in [1.165, 1.54) is 18.2 Å². The monoisotopic (exact) mass is 255 g/mol. The second kappa shape index (κ2) is 5.44. The number of aliphatic carboxylic acids is 1. The minimum absolute atomic E-state index is 0.00737. The average molecular weight is 255 g/mol. The maximum Gasteiger partial charge on any atom is 0.304 e. The molecule has 0 bridgehead atoms. The van der Waals surface area contributed by atoms with Crippen LogP contribution in [0, 0.1) is 11.6 Å². The number of nitrogens with zero attached hydrogens (tertiary/aromatic N) is 1. The van der Waals surface area contributed by atoms with Gasteiger partial charge in [0, 0.05) is 24.7 Å². The van der Waals surface area contributed by atoms with Gasteiger partial charge >= 0.3 is 5.97 Å². The molecule has 0 radical (unpaired) electrons. The highest BCUT2D eigenvalue weighted by Crippen LogP contribution is 2.29.